The van der Waals surface area contributed by atoms with E-state index in [1.807, 2.05) is 24.3 Å². The summed E-state index contributed by atoms with van der Waals surface area (Å²) in [6.07, 6.45) is 8.90. The maximum atomic E-state index is 13.9. The van der Waals surface area contributed by atoms with Gasteiger partial charge in [-0.2, -0.15) is 0 Å². The Morgan fingerprint density at radius 2 is 1.52 bits per heavy atom. The summed E-state index contributed by atoms with van der Waals surface area (Å²) in [5, 5.41) is 0. The van der Waals surface area contributed by atoms with E-state index in [2.05, 4.69) is 6.92 Å². The second-order valence-electron chi connectivity index (χ2n) is 7.20. The molecule has 25 heavy (non-hydrogen) atoms. The van der Waals surface area contributed by atoms with Crippen LogP contribution in [0.25, 0.3) is 11.1 Å². The highest BCUT2D eigenvalue weighted by atomic mass is 19.2. The van der Waals surface area contributed by atoms with Crippen molar-refractivity contribution in [2.45, 2.75) is 57.8 Å². The molecule has 0 amide bonds. The van der Waals surface area contributed by atoms with Gasteiger partial charge in [0, 0.05) is 5.56 Å². The van der Waals surface area contributed by atoms with Crippen molar-refractivity contribution in [3.8, 4) is 11.1 Å². The second kappa shape index (κ2) is 8.07. The molecule has 0 aromatic heterocycles. The minimum absolute atomic E-state index is 0.105. The molecule has 0 nitrogen and oxygen atoms in total. The third kappa shape index (κ3) is 4.08. The molecule has 2 aromatic carbocycles. The molecule has 0 radical (unpaired) electrons. The highest BCUT2D eigenvalue weighted by molar-refractivity contribution is 5.64. The third-order valence-electron chi connectivity index (χ3n) is 5.54. The fourth-order valence-electron chi connectivity index (χ4n) is 3.96. The first-order valence-corrected chi connectivity index (χ1v) is 9.34. The van der Waals surface area contributed by atoms with E-state index in [-0.39, 0.29) is 5.56 Å². The Hall–Kier alpha value is -1.77. The summed E-state index contributed by atoms with van der Waals surface area (Å²) in [6, 6.07) is 9.91. The first kappa shape index (κ1) is 18.0. The maximum Gasteiger partial charge on any atom is 0.195 e. The third-order valence-corrected chi connectivity index (χ3v) is 5.54. The largest absolute Gasteiger partial charge is 0.204 e. The van der Waals surface area contributed by atoms with Crippen molar-refractivity contribution in [2.75, 3.05) is 0 Å². The van der Waals surface area contributed by atoms with Crippen LogP contribution in [0.15, 0.2) is 36.4 Å². The number of hydrogen-bond acceptors (Lipinski definition) is 0. The topological polar surface area (TPSA) is 0 Å². The summed E-state index contributed by atoms with van der Waals surface area (Å²) in [4.78, 5) is 0. The lowest BCUT2D eigenvalue weighted by atomic mass is 9.77. The van der Waals surface area contributed by atoms with Crippen molar-refractivity contribution < 1.29 is 13.2 Å². The van der Waals surface area contributed by atoms with Crippen molar-refractivity contribution in [1.82, 2.24) is 0 Å². The van der Waals surface area contributed by atoms with Crippen molar-refractivity contribution in [3.63, 3.8) is 0 Å². The fourth-order valence-corrected chi connectivity index (χ4v) is 3.96. The van der Waals surface area contributed by atoms with Gasteiger partial charge in [-0.1, -0.05) is 50.5 Å². The molecule has 0 N–H and O–H groups in total. The van der Waals surface area contributed by atoms with Crippen LogP contribution in [0.5, 0.6) is 0 Å². The minimum atomic E-state index is -1.41. The van der Waals surface area contributed by atoms with Crippen molar-refractivity contribution in [3.05, 3.63) is 59.4 Å². The minimum Gasteiger partial charge on any atom is -0.204 e. The molecule has 2 aromatic rings. The quantitative estimate of drug-likeness (QED) is 0.501. The van der Waals surface area contributed by atoms with E-state index in [1.54, 1.807) is 0 Å². The van der Waals surface area contributed by atoms with E-state index in [1.165, 1.54) is 56.6 Å². The lowest BCUT2D eigenvalue weighted by Gasteiger charge is -2.29. The SMILES string of the molecule is CCCC[C@H]1CC[C@H](c2ccc(-c3ccc(F)c(F)c3F)cc2)CC1. The van der Waals surface area contributed by atoms with Gasteiger partial charge < -0.3 is 0 Å². The number of rotatable bonds is 5. The molecule has 134 valence electrons. The smallest absolute Gasteiger partial charge is 0.195 e. The molecule has 0 unspecified atom stereocenters. The van der Waals surface area contributed by atoms with Gasteiger partial charge >= 0.3 is 0 Å². The van der Waals surface area contributed by atoms with Crippen molar-refractivity contribution in [2.24, 2.45) is 5.92 Å². The van der Waals surface area contributed by atoms with E-state index >= 15 is 0 Å². The molecule has 0 spiro atoms. The average Bonchev–Trinajstić information content (AvgIpc) is 2.65. The van der Waals surface area contributed by atoms with Crippen LogP contribution in [0.4, 0.5) is 13.2 Å². The zero-order valence-corrected chi connectivity index (χ0v) is 14.7. The molecular formula is C22H25F3. The van der Waals surface area contributed by atoms with Crippen molar-refractivity contribution >= 4 is 0 Å². The monoisotopic (exact) mass is 346 g/mol. The molecule has 3 rings (SSSR count). The summed E-state index contributed by atoms with van der Waals surface area (Å²) in [6.45, 7) is 2.24. The van der Waals surface area contributed by atoms with Gasteiger partial charge in [-0.15, -0.1) is 0 Å². The van der Waals surface area contributed by atoms with Crippen LogP contribution in [0.1, 0.15) is 63.4 Å². The van der Waals surface area contributed by atoms with Gasteiger partial charge in [-0.25, -0.2) is 13.2 Å². The van der Waals surface area contributed by atoms with E-state index in [0.717, 1.165) is 12.0 Å². The summed E-state index contributed by atoms with van der Waals surface area (Å²) >= 11 is 0. The molecule has 1 saturated carbocycles. The molecule has 0 bridgehead atoms. The van der Waals surface area contributed by atoms with Crippen LogP contribution in [-0.2, 0) is 0 Å². The highest BCUT2D eigenvalue weighted by Gasteiger charge is 2.22. The number of halogens is 3. The summed E-state index contributed by atoms with van der Waals surface area (Å²) in [7, 11) is 0. The standard InChI is InChI=1S/C22H25F3/c1-2-3-4-15-5-7-16(8-6-15)17-9-11-18(12-10-17)19-13-14-20(23)22(25)21(19)24/h9-16H,2-8H2,1H3/t15-,16-. The molecule has 0 aliphatic heterocycles. The highest BCUT2D eigenvalue weighted by Crippen LogP contribution is 2.38. The lowest BCUT2D eigenvalue weighted by Crippen LogP contribution is -2.13. The molecule has 1 aliphatic rings. The molecule has 1 aliphatic carbocycles. The molecule has 1 fully saturated rings. The zero-order valence-electron chi connectivity index (χ0n) is 14.7. The first-order valence-electron chi connectivity index (χ1n) is 9.34. The zero-order chi connectivity index (χ0) is 17.8. The Morgan fingerprint density at radius 3 is 2.16 bits per heavy atom. The number of benzene rings is 2. The normalized spacial score (nSPS) is 20.6. The Bertz CT molecular complexity index is 698. The van der Waals surface area contributed by atoms with Gasteiger partial charge in [-0.3, -0.25) is 0 Å². The van der Waals surface area contributed by atoms with E-state index in [9.17, 15) is 13.2 Å². The number of hydrogen-bond donors (Lipinski definition) is 0. The van der Waals surface area contributed by atoms with Crippen LogP contribution >= 0.6 is 0 Å². The van der Waals surface area contributed by atoms with Crippen LogP contribution in [0.3, 0.4) is 0 Å². The first-order chi connectivity index (χ1) is 12.1. The molecule has 0 heterocycles. The van der Waals surface area contributed by atoms with Crippen LogP contribution in [0.2, 0.25) is 0 Å². The van der Waals surface area contributed by atoms with E-state index in [0.29, 0.717) is 11.5 Å². The Balaban J connectivity index is 1.68. The van der Waals surface area contributed by atoms with E-state index in [4.69, 9.17) is 0 Å². The molecule has 0 atom stereocenters. The van der Waals surface area contributed by atoms with Gasteiger partial charge in [0.1, 0.15) is 0 Å². The molecular weight excluding hydrogens is 321 g/mol. The fraction of sp³-hybridized carbons (Fsp3) is 0.455. The van der Waals surface area contributed by atoms with Gasteiger partial charge in [0.25, 0.3) is 0 Å². The van der Waals surface area contributed by atoms with Gasteiger partial charge in [0.2, 0.25) is 0 Å². The maximum absolute atomic E-state index is 13.9. The van der Waals surface area contributed by atoms with Gasteiger partial charge in [0.05, 0.1) is 0 Å². The number of unbranched alkanes of at least 4 members (excludes halogenated alkanes) is 1. The van der Waals surface area contributed by atoms with Crippen LogP contribution in [-0.4, -0.2) is 0 Å². The summed E-state index contributed by atoms with van der Waals surface area (Å²) < 4.78 is 40.4. The predicted octanol–water partition coefficient (Wildman–Crippen LogP) is 7.23. The molecule has 0 saturated heterocycles. The Morgan fingerprint density at radius 1 is 0.840 bits per heavy atom. The van der Waals surface area contributed by atoms with Crippen LogP contribution in [0, 0.1) is 23.4 Å². The Labute approximate surface area is 148 Å². The predicted molar refractivity (Wildman–Crippen MR) is 96.0 cm³/mol. The Kier molecular flexibility index (Phi) is 5.82. The second-order valence-corrected chi connectivity index (χ2v) is 7.20. The van der Waals surface area contributed by atoms with E-state index < -0.39 is 17.5 Å². The average molecular weight is 346 g/mol. The lowest BCUT2D eigenvalue weighted by molar-refractivity contribution is 0.304. The van der Waals surface area contributed by atoms with Crippen LogP contribution < -0.4 is 0 Å². The van der Waals surface area contributed by atoms with Gasteiger partial charge in [-0.05, 0) is 60.8 Å². The van der Waals surface area contributed by atoms with Gasteiger partial charge in [0.15, 0.2) is 17.5 Å². The summed E-state index contributed by atoms with van der Waals surface area (Å²) in [5.74, 6) is -2.26. The van der Waals surface area contributed by atoms with Crippen molar-refractivity contribution in [1.29, 1.82) is 0 Å². The molecule has 3 heteroatoms. The summed E-state index contributed by atoms with van der Waals surface area (Å²) in [5.41, 5.74) is 1.95.